The molecule has 4 N–H and O–H groups in total. The number of carbonyl (C=O) groups is 1. The summed E-state index contributed by atoms with van der Waals surface area (Å²) in [5.41, 5.74) is 0.337. The van der Waals surface area contributed by atoms with E-state index in [4.69, 9.17) is 17.3 Å². The SMILES string of the molecule is CNC(=S)Nc1ccc(O)c(C(=O)O)c1. The summed E-state index contributed by atoms with van der Waals surface area (Å²) in [6, 6.07) is 4.14. The van der Waals surface area contributed by atoms with Crippen LogP contribution < -0.4 is 10.6 Å². The maximum atomic E-state index is 10.7. The molecule has 1 rings (SSSR count). The second kappa shape index (κ2) is 4.61. The van der Waals surface area contributed by atoms with Crippen LogP contribution in [0.15, 0.2) is 18.2 Å². The Kier molecular flexibility index (Phi) is 3.46. The third-order valence-corrected chi connectivity index (χ3v) is 2.02. The maximum absolute atomic E-state index is 10.7. The van der Waals surface area contributed by atoms with Crippen LogP contribution in [0.4, 0.5) is 5.69 Å². The summed E-state index contributed by atoms with van der Waals surface area (Å²) in [4.78, 5) is 10.7. The summed E-state index contributed by atoms with van der Waals surface area (Å²) >= 11 is 4.85. The highest BCUT2D eigenvalue weighted by Crippen LogP contribution is 2.21. The number of hydrogen-bond acceptors (Lipinski definition) is 3. The van der Waals surface area contributed by atoms with Crippen molar-refractivity contribution in [1.29, 1.82) is 0 Å². The molecule has 0 heterocycles. The summed E-state index contributed by atoms with van der Waals surface area (Å²) in [7, 11) is 1.65. The topological polar surface area (TPSA) is 81.6 Å². The Morgan fingerprint density at radius 2 is 2.13 bits per heavy atom. The third kappa shape index (κ3) is 2.81. The van der Waals surface area contributed by atoms with Gasteiger partial charge in [-0.2, -0.15) is 0 Å². The highest BCUT2D eigenvalue weighted by atomic mass is 32.1. The van der Waals surface area contributed by atoms with Crippen molar-refractivity contribution in [1.82, 2.24) is 5.32 Å². The number of nitrogens with one attached hydrogen (secondary N) is 2. The normalized spacial score (nSPS) is 9.40. The minimum Gasteiger partial charge on any atom is -0.507 e. The molecule has 0 amide bonds. The van der Waals surface area contributed by atoms with Crippen LogP contribution in [0.25, 0.3) is 0 Å². The Balaban J connectivity index is 2.97. The minimum absolute atomic E-state index is 0.168. The van der Waals surface area contributed by atoms with Gasteiger partial charge in [-0.15, -0.1) is 0 Å². The molecule has 0 aliphatic heterocycles. The van der Waals surface area contributed by atoms with Crippen molar-refractivity contribution in [2.75, 3.05) is 12.4 Å². The number of anilines is 1. The Morgan fingerprint density at radius 3 is 2.67 bits per heavy atom. The lowest BCUT2D eigenvalue weighted by Gasteiger charge is -2.08. The van der Waals surface area contributed by atoms with Crippen LogP contribution in [0.5, 0.6) is 5.75 Å². The molecule has 0 aliphatic carbocycles. The second-order valence-electron chi connectivity index (χ2n) is 2.74. The van der Waals surface area contributed by atoms with Gasteiger partial charge >= 0.3 is 5.97 Å². The van der Waals surface area contributed by atoms with E-state index in [0.29, 0.717) is 10.8 Å². The van der Waals surface area contributed by atoms with E-state index >= 15 is 0 Å². The van der Waals surface area contributed by atoms with E-state index in [2.05, 4.69) is 10.6 Å². The van der Waals surface area contributed by atoms with Gasteiger partial charge in [-0.3, -0.25) is 0 Å². The molecule has 0 saturated carbocycles. The number of carboxylic acid groups (broad SMARTS) is 1. The van der Waals surface area contributed by atoms with E-state index in [-0.39, 0.29) is 11.3 Å². The van der Waals surface area contributed by atoms with Gasteiger partial charge in [-0.1, -0.05) is 0 Å². The van der Waals surface area contributed by atoms with Gasteiger partial charge in [-0.05, 0) is 30.4 Å². The smallest absolute Gasteiger partial charge is 0.339 e. The third-order valence-electron chi connectivity index (χ3n) is 1.71. The Bertz CT molecular complexity index is 406. The molecule has 1 aromatic carbocycles. The van der Waals surface area contributed by atoms with Gasteiger partial charge in [0.2, 0.25) is 0 Å². The van der Waals surface area contributed by atoms with Crippen molar-refractivity contribution in [2.24, 2.45) is 0 Å². The summed E-state index contributed by atoms with van der Waals surface area (Å²) < 4.78 is 0. The van der Waals surface area contributed by atoms with Crippen LogP contribution in [0, 0.1) is 0 Å². The van der Waals surface area contributed by atoms with Gasteiger partial charge in [0, 0.05) is 12.7 Å². The molecule has 0 aromatic heterocycles. The standard InChI is InChI=1S/C9H10N2O3S/c1-10-9(15)11-5-2-3-7(12)6(4-5)8(13)14/h2-4,12H,1H3,(H,13,14)(H2,10,11,15). The van der Waals surface area contributed by atoms with Crippen LogP contribution in [0.1, 0.15) is 10.4 Å². The van der Waals surface area contributed by atoms with Crippen LogP contribution in [0.2, 0.25) is 0 Å². The summed E-state index contributed by atoms with van der Waals surface area (Å²) in [5, 5.41) is 23.8. The fourth-order valence-corrected chi connectivity index (χ4v) is 1.10. The number of hydrogen-bond donors (Lipinski definition) is 4. The van der Waals surface area contributed by atoms with Crippen molar-refractivity contribution in [2.45, 2.75) is 0 Å². The lowest BCUT2D eigenvalue weighted by Crippen LogP contribution is -2.24. The van der Waals surface area contributed by atoms with Gasteiger partial charge in [-0.25, -0.2) is 4.79 Å². The Hall–Kier alpha value is -1.82. The molecule has 5 nitrogen and oxygen atoms in total. The molecule has 0 unspecified atom stereocenters. The van der Waals surface area contributed by atoms with Gasteiger partial charge in [0.05, 0.1) is 0 Å². The summed E-state index contributed by atoms with van der Waals surface area (Å²) in [6.07, 6.45) is 0. The number of benzene rings is 1. The molecule has 0 saturated heterocycles. The Labute approximate surface area is 91.7 Å². The monoisotopic (exact) mass is 226 g/mol. The zero-order valence-electron chi connectivity index (χ0n) is 7.94. The minimum atomic E-state index is -1.19. The predicted molar refractivity (Wildman–Crippen MR) is 60.3 cm³/mol. The van der Waals surface area contributed by atoms with Crippen molar-refractivity contribution in [3.8, 4) is 5.75 Å². The first-order valence-electron chi connectivity index (χ1n) is 4.09. The molecule has 1 aromatic rings. The van der Waals surface area contributed by atoms with E-state index < -0.39 is 5.97 Å². The average molecular weight is 226 g/mol. The van der Waals surface area contributed by atoms with Crippen LogP contribution in [0.3, 0.4) is 0 Å². The molecule has 0 spiro atoms. The van der Waals surface area contributed by atoms with Crippen molar-refractivity contribution < 1.29 is 15.0 Å². The van der Waals surface area contributed by atoms with Gasteiger partial charge in [0.1, 0.15) is 11.3 Å². The molecule has 0 radical (unpaired) electrons. The van der Waals surface area contributed by atoms with E-state index in [0.717, 1.165) is 0 Å². The van der Waals surface area contributed by atoms with E-state index in [1.54, 1.807) is 7.05 Å². The number of rotatable bonds is 2. The second-order valence-corrected chi connectivity index (χ2v) is 3.15. The van der Waals surface area contributed by atoms with Crippen molar-refractivity contribution in [3.05, 3.63) is 23.8 Å². The molecular weight excluding hydrogens is 216 g/mol. The number of thiocarbonyl (C=S) groups is 1. The number of phenols is 1. The number of aromatic hydroxyl groups is 1. The molecule has 6 heteroatoms. The lowest BCUT2D eigenvalue weighted by molar-refractivity contribution is 0.0694. The van der Waals surface area contributed by atoms with Crippen molar-refractivity contribution >= 4 is 29.0 Å². The van der Waals surface area contributed by atoms with Crippen LogP contribution in [-0.2, 0) is 0 Å². The summed E-state index contributed by atoms with van der Waals surface area (Å²) in [5.74, 6) is -1.46. The largest absolute Gasteiger partial charge is 0.507 e. The Morgan fingerprint density at radius 1 is 1.47 bits per heavy atom. The molecule has 15 heavy (non-hydrogen) atoms. The van der Waals surface area contributed by atoms with Gasteiger partial charge in [0.25, 0.3) is 0 Å². The highest BCUT2D eigenvalue weighted by Gasteiger charge is 2.10. The summed E-state index contributed by atoms with van der Waals surface area (Å²) in [6.45, 7) is 0. The first-order chi connectivity index (χ1) is 7.04. The molecule has 0 atom stereocenters. The first-order valence-corrected chi connectivity index (χ1v) is 4.50. The van der Waals surface area contributed by atoms with E-state index in [9.17, 15) is 9.90 Å². The van der Waals surface area contributed by atoms with E-state index in [1.807, 2.05) is 0 Å². The number of aromatic carboxylic acids is 1. The van der Waals surface area contributed by atoms with Crippen molar-refractivity contribution in [3.63, 3.8) is 0 Å². The quantitative estimate of drug-likeness (QED) is 0.445. The predicted octanol–water partition coefficient (Wildman–Crippen LogP) is 1.01. The van der Waals surface area contributed by atoms with Crippen LogP contribution in [-0.4, -0.2) is 28.3 Å². The fraction of sp³-hybridized carbons (Fsp3) is 0.111. The highest BCUT2D eigenvalue weighted by molar-refractivity contribution is 7.80. The molecule has 0 aliphatic rings. The first kappa shape index (κ1) is 11.3. The molecule has 0 fully saturated rings. The molecule has 80 valence electrons. The van der Waals surface area contributed by atoms with E-state index in [1.165, 1.54) is 18.2 Å². The molecular formula is C9H10N2O3S. The average Bonchev–Trinajstić information content (AvgIpc) is 2.20. The lowest BCUT2D eigenvalue weighted by atomic mass is 10.2. The molecule has 0 bridgehead atoms. The fourth-order valence-electron chi connectivity index (χ4n) is 0.979. The van der Waals surface area contributed by atoms with Crippen LogP contribution >= 0.6 is 12.2 Å². The van der Waals surface area contributed by atoms with Gasteiger partial charge < -0.3 is 20.8 Å². The van der Waals surface area contributed by atoms with Gasteiger partial charge in [0.15, 0.2) is 5.11 Å². The number of carboxylic acids is 1. The zero-order chi connectivity index (χ0) is 11.4. The zero-order valence-corrected chi connectivity index (χ0v) is 8.76. The maximum Gasteiger partial charge on any atom is 0.339 e.